The molecule has 190 valence electrons. The standard InChI is InChI=1S/C27H24BrClN4O3S/c1-5-32(6-2)25(35)20-14(3)30-27-33(22(20)15-7-10-17(29)11-8-15)26(36)23(37-27)21-18-13-16(28)9-12-19(18)31(4)24(21)34/h7-13,22H,5-6H2,1-4H3/b23-21+/t22-/m1/s1. The number of carbonyl (C=O) groups excluding carboxylic acids is 2. The number of hydrogen-bond donors (Lipinski definition) is 0. The summed E-state index contributed by atoms with van der Waals surface area (Å²) < 4.78 is 2.65. The lowest BCUT2D eigenvalue weighted by molar-refractivity contribution is -0.127. The van der Waals surface area contributed by atoms with Crippen LogP contribution in [0.5, 0.6) is 0 Å². The van der Waals surface area contributed by atoms with Crippen molar-refractivity contribution in [2.45, 2.75) is 26.8 Å². The van der Waals surface area contributed by atoms with Gasteiger partial charge < -0.3 is 9.80 Å². The molecular weight excluding hydrogens is 576 g/mol. The minimum Gasteiger partial charge on any atom is -0.339 e. The summed E-state index contributed by atoms with van der Waals surface area (Å²) in [6.07, 6.45) is 0. The number of benzene rings is 2. The number of allylic oxidation sites excluding steroid dienone is 1. The highest BCUT2D eigenvalue weighted by Crippen LogP contribution is 2.36. The molecule has 5 rings (SSSR count). The maximum atomic E-state index is 14.1. The van der Waals surface area contributed by atoms with Crippen LogP contribution in [0, 0.1) is 0 Å². The van der Waals surface area contributed by atoms with E-state index in [-0.39, 0.29) is 17.4 Å². The van der Waals surface area contributed by atoms with Gasteiger partial charge in [-0.1, -0.05) is 51.0 Å². The fourth-order valence-corrected chi connectivity index (χ4v) is 6.52. The molecule has 2 amide bonds. The number of carbonyl (C=O) groups is 2. The molecule has 0 spiro atoms. The van der Waals surface area contributed by atoms with Crippen LogP contribution in [0.2, 0.25) is 5.02 Å². The maximum absolute atomic E-state index is 14.1. The molecule has 7 nitrogen and oxygen atoms in total. The quantitative estimate of drug-likeness (QED) is 0.457. The van der Waals surface area contributed by atoms with E-state index in [9.17, 15) is 14.4 Å². The van der Waals surface area contributed by atoms with Gasteiger partial charge in [-0.2, -0.15) is 0 Å². The van der Waals surface area contributed by atoms with Crippen LogP contribution in [-0.4, -0.2) is 41.4 Å². The topological polar surface area (TPSA) is 75.0 Å². The fraction of sp³-hybridized carbons (Fsp3) is 0.259. The van der Waals surface area contributed by atoms with Crippen molar-refractivity contribution >= 4 is 61.9 Å². The Balaban J connectivity index is 1.83. The Kier molecular flexibility index (Phi) is 6.72. The van der Waals surface area contributed by atoms with Crippen LogP contribution < -0.4 is 19.8 Å². The van der Waals surface area contributed by atoms with Crippen molar-refractivity contribution in [3.05, 3.63) is 94.0 Å². The van der Waals surface area contributed by atoms with Gasteiger partial charge in [0.15, 0.2) is 4.80 Å². The van der Waals surface area contributed by atoms with Crippen molar-refractivity contribution < 1.29 is 9.59 Å². The number of aromatic nitrogens is 1. The third-order valence-electron chi connectivity index (χ3n) is 6.80. The minimum atomic E-state index is -0.702. The zero-order valence-corrected chi connectivity index (χ0v) is 23.9. The van der Waals surface area contributed by atoms with Crippen LogP contribution in [0.4, 0.5) is 5.69 Å². The number of amides is 2. The van der Waals surface area contributed by atoms with Crippen molar-refractivity contribution in [2.75, 3.05) is 25.0 Å². The van der Waals surface area contributed by atoms with Crippen LogP contribution in [0.1, 0.15) is 37.9 Å². The average molecular weight is 600 g/mol. The third-order valence-corrected chi connectivity index (χ3v) is 8.60. The predicted molar refractivity (Wildman–Crippen MR) is 150 cm³/mol. The number of halogens is 2. The van der Waals surface area contributed by atoms with Gasteiger partial charge >= 0.3 is 0 Å². The lowest BCUT2D eigenvalue weighted by Gasteiger charge is -2.29. The largest absolute Gasteiger partial charge is 0.339 e. The van der Waals surface area contributed by atoms with E-state index in [1.54, 1.807) is 40.5 Å². The average Bonchev–Trinajstić information content (AvgIpc) is 3.31. The van der Waals surface area contributed by atoms with Gasteiger partial charge in [-0.25, -0.2) is 4.99 Å². The van der Waals surface area contributed by atoms with Crippen LogP contribution >= 0.6 is 38.9 Å². The summed E-state index contributed by atoms with van der Waals surface area (Å²) in [7, 11) is 1.70. The van der Waals surface area contributed by atoms with Gasteiger partial charge in [-0.05, 0) is 56.7 Å². The molecule has 1 aromatic heterocycles. The van der Waals surface area contributed by atoms with Gasteiger partial charge in [0, 0.05) is 35.2 Å². The molecule has 2 aromatic carbocycles. The van der Waals surface area contributed by atoms with E-state index in [1.807, 2.05) is 44.2 Å². The maximum Gasteiger partial charge on any atom is 0.271 e. The lowest BCUT2D eigenvalue weighted by Crippen LogP contribution is -2.43. The summed E-state index contributed by atoms with van der Waals surface area (Å²) in [4.78, 5) is 49.6. The Bertz CT molecular complexity index is 1670. The van der Waals surface area contributed by atoms with Crippen molar-refractivity contribution in [2.24, 2.45) is 4.99 Å². The summed E-state index contributed by atoms with van der Waals surface area (Å²) in [5.74, 6) is -0.424. The second-order valence-electron chi connectivity index (χ2n) is 8.83. The SMILES string of the molecule is CCN(CC)C(=O)C1=C(C)N=c2s/c(=C3/C(=O)N(C)c4ccc(Br)cc43)c(=O)n2[C@@H]1c1ccc(Cl)cc1. The number of fused-ring (bicyclic) bond motifs is 2. The number of anilines is 1. The summed E-state index contributed by atoms with van der Waals surface area (Å²) in [5, 5.41) is 0.553. The van der Waals surface area contributed by atoms with Gasteiger partial charge in [0.1, 0.15) is 4.53 Å². The molecule has 0 unspecified atom stereocenters. The normalized spacial score (nSPS) is 18.1. The van der Waals surface area contributed by atoms with E-state index in [4.69, 9.17) is 16.6 Å². The molecule has 0 saturated carbocycles. The summed E-state index contributed by atoms with van der Waals surface area (Å²) in [6.45, 7) is 6.69. The molecule has 3 heterocycles. The highest BCUT2D eigenvalue weighted by Gasteiger charge is 2.36. The third kappa shape index (κ3) is 4.09. The van der Waals surface area contributed by atoms with Gasteiger partial charge in [-0.3, -0.25) is 19.0 Å². The molecule has 0 bridgehead atoms. The first kappa shape index (κ1) is 25.6. The van der Waals surface area contributed by atoms with Gasteiger partial charge in [0.05, 0.1) is 28.6 Å². The minimum absolute atomic E-state index is 0.171. The Hall–Kier alpha value is -3.01. The fourth-order valence-electron chi connectivity index (χ4n) is 4.90. The van der Waals surface area contributed by atoms with E-state index < -0.39 is 6.04 Å². The molecule has 0 N–H and O–H groups in total. The molecule has 2 aliphatic rings. The number of likely N-dealkylation sites (N-methyl/N-ethyl adjacent to an activating group) is 2. The van der Waals surface area contributed by atoms with E-state index in [0.717, 1.165) is 15.7 Å². The molecule has 10 heteroatoms. The van der Waals surface area contributed by atoms with Crippen LogP contribution in [0.15, 0.2) is 68.0 Å². The molecule has 0 radical (unpaired) electrons. The van der Waals surface area contributed by atoms with Crippen molar-refractivity contribution in [1.82, 2.24) is 9.47 Å². The Labute approximate surface area is 231 Å². The van der Waals surface area contributed by atoms with Crippen molar-refractivity contribution in [3.63, 3.8) is 0 Å². The Morgan fingerprint density at radius 2 is 1.81 bits per heavy atom. The first-order valence-electron chi connectivity index (χ1n) is 11.9. The van der Waals surface area contributed by atoms with Crippen molar-refractivity contribution in [1.29, 1.82) is 0 Å². The smallest absolute Gasteiger partial charge is 0.271 e. The zero-order chi connectivity index (χ0) is 26.6. The second kappa shape index (κ2) is 9.70. The van der Waals surface area contributed by atoms with Crippen LogP contribution in [-0.2, 0) is 9.59 Å². The summed E-state index contributed by atoms with van der Waals surface area (Å²) >= 11 is 10.8. The first-order valence-corrected chi connectivity index (χ1v) is 13.8. The molecule has 0 aliphatic carbocycles. The molecule has 3 aromatic rings. The van der Waals surface area contributed by atoms with Gasteiger partial charge in [-0.15, -0.1) is 0 Å². The molecule has 37 heavy (non-hydrogen) atoms. The monoisotopic (exact) mass is 598 g/mol. The Morgan fingerprint density at radius 3 is 2.46 bits per heavy atom. The van der Waals surface area contributed by atoms with E-state index in [1.165, 1.54) is 11.3 Å². The predicted octanol–water partition coefficient (Wildman–Crippen LogP) is 3.87. The molecule has 1 atom stereocenters. The molecular formula is C27H24BrClN4O3S. The number of thiazole rings is 1. The molecule has 0 fully saturated rings. The van der Waals surface area contributed by atoms with E-state index in [2.05, 4.69) is 15.9 Å². The first-order chi connectivity index (χ1) is 17.7. The summed E-state index contributed by atoms with van der Waals surface area (Å²) in [5.41, 5.74) is 3.13. The van der Waals surface area contributed by atoms with E-state index >= 15 is 0 Å². The van der Waals surface area contributed by atoms with Crippen molar-refractivity contribution in [3.8, 4) is 0 Å². The van der Waals surface area contributed by atoms with Gasteiger partial charge in [0.2, 0.25) is 0 Å². The highest BCUT2D eigenvalue weighted by molar-refractivity contribution is 9.10. The lowest BCUT2D eigenvalue weighted by atomic mass is 9.94. The van der Waals surface area contributed by atoms with Crippen LogP contribution in [0.25, 0.3) is 5.57 Å². The van der Waals surface area contributed by atoms with E-state index in [0.29, 0.717) is 49.9 Å². The number of hydrogen-bond acceptors (Lipinski definition) is 5. The van der Waals surface area contributed by atoms with Crippen LogP contribution in [0.3, 0.4) is 0 Å². The van der Waals surface area contributed by atoms with Gasteiger partial charge in [0.25, 0.3) is 17.4 Å². The number of nitrogens with zero attached hydrogens (tertiary/aromatic N) is 4. The Morgan fingerprint density at radius 1 is 1.14 bits per heavy atom. The zero-order valence-electron chi connectivity index (χ0n) is 20.7. The summed E-state index contributed by atoms with van der Waals surface area (Å²) in [6, 6.07) is 12.0. The molecule has 0 saturated heterocycles. The number of rotatable bonds is 4. The highest BCUT2D eigenvalue weighted by atomic mass is 79.9. The molecule has 2 aliphatic heterocycles. The second-order valence-corrected chi connectivity index (χ2v) is 11.2.